The predicted octanol–water partition coefficient (Wildman–Crippen LogP) is 0.429. The molecule has 2 aromatic carbocycles. The highest BCUT2D eigenvalue weighted by molar-refractivity contribution is 14.1. The van der Waals surface area contributed by atoms with E-state index < -0.39 is 73.6 Å². The van der Waals surface area contributed by atoms with Crippen LogP contribution < -0.4 is 16.0 Å². The lowest BCUT2D eigenvalue weighted by Gasteiger charge is -2.26. The molecule has 26 heteroatoms. The first-order chi connectivity index (χ1) is 27.6. The molecule has 0 heterocycles. The Hall–Kier alpha value is -0.680. The molecule has 3 atom stereocenters. The van der Waals surface area contributed by atoms with Gasteiger partial charge < -0.3 is 61.5 Å². The van der Waals surface area contributed by atoms with Gasteiger partial charge in [0.15, 0.2) is 12.2 Å². The number of amides is 6. The molecule has 0 aliphatic carbocycles. The fourth-order valence-corrected chi connectivity index (χ4v) is 13.6. The van der Waals surface area contributed by atoms with Crippen molar-refractivity contribution in [3.63, 3.8) is 0 Å². The molecule has 0 fully saturated rings. The van der Waals surface area contributed by atoms with Crippen molar-refractivity contribution < 1.29 is 69.7 Å². The normalized spacial score (nSPS) is 12.6. The van der Waals surface area contributed by atoms with Crippen LogP contribution in [-0.4, -0.2) is 176 Å². The van der Waals surface area contributed by atoms with Gasteiger partial charge in [-0.3, -0.25) is 34.0 Å². The lowest BCUT2D eigenvalue weighted by Crippen LogP contribution is -2.37. The average molecular weight is 1510 g/mol. The molecule has 0 spiro atoms. The third-order valence-corrected chi connectivity index (χ3v) is 14.6. The molecular weight excluding hydrogens is 1470 g/mol. The molecule has 2 rings (SSSR count). The Morgan fingerprint density at radius 1 is 0.559 bits per heavy atom. The Labute approximate surface area is 419 Å². The first-order valence-corrected chi connectivity index (χ1v) is 23.4. The lowest BCUT2D eigenvalue weighted by molar-refractivity contribution is -0.126. The average Bonchev–Trinajstić information content (AvgIpc) is 3.20. The number of hydroxylamine groups is 2. The minimum atomic E-state index is -1.83. The zero-order chi connectivity index (χ0) is 45.0. The van der Waals surface area contributed by atoms with Gasteiger partial charge in [0.25, 0.3) is 35.4 Å². The zero-order valence-corrected chi connectivity index (χ0v) is 43.9. The second kappa shape index (κ2) is 25.6. The van der Waals surface area contributed by atoms with Crippen molar-refractivity contribution in [1.82, 2.24) is 20.2 Å². The van der Waals surface area contributed by atoms with Crippen molar-refractivity contribution in [2.24, 2.45) is 0 Å². The highest BCUT2D eigenvalue weighted by Gasteiger charge is 2.34. The van der Waals surface area contributed by atoms with Crippen molar-refractivity contribution in [3.8, 4) is 0 Å². The standard InChI is InChI=1S/C33H40I6N6O14/c1-43(31(56)17-20(34)16(30(55)40-9-13(50)10-47)22(36)26(23(17)37)41-28(53)14(51)11-48)5-3-6-44(2)32(57)18-21(35)19(33(58)45(59)7-4-8-46)25(39)27(24(18)38)42-29(54)15(52)12-49/h13-15,46-52,59H,3-12H2,1-2H3,(H,40,55)(H,41,53)(H,42,54). The van der Waals surface area contributed by atoms with Gasteiger partial charge in [-0.2, -0.15) is 0 Å². The van der Waals surface area contributed by atoms with Crippen LogP contribution in [0.3, 0.4) is 0 Å². The smallest absolute Gasteiger partial charge is 0.279 e. The maximum atomic E-state index is 14.1. The van der Waals surface area contributed by atoms with E-state index in [-0.39, 0.29) is 101 Å². The Bertz CT molecular complexity index is 1930. The van der Waals surface area contributed by atoms with E-state index in [2.05, 4.69) is 16.0 Å². The molecule has 3 unspecified atom stereocenters. The van der Waals surface area contributed by atoms with E-state index in [1.54, 1.807) is 113 Å². The lowest BCUT2D eigenvalue weighted by atomic mass is 10.1. The van der Waals surface area contributed by atoms with Gasteiger partial charge >= 0.3 is 0 Å². The van der Waals surface area contributed by atoms with Gasteiger partial charge in [0.1, 0.15) is 0 Å². The minimum absolute atomic E-state index is 0.00167. The van der Waals surface area contributed by atoms with Crippen LogP contribution in [0.1, 0.15) is 54.3 Å². The molecule has 0 aromatic heterocycles. The van der Waals surface area contributed by atoms with Crippen molar-refractivity contribution in [1.29, 1.82) is 0 Å². The van der Waals surface area contributed by atoms with Crippen LogP contribution in [0, 0.1) is 21.4 Å². The third-order valence-electron chi connectivity index (χ3n) is 8.10. The summed E-state index contributed by atoms with van der Waals surface area (Å²) in [6.45, 7) is -3.28. The number of rotatable bonds is 20. The van der Waals surface area contributed by atoms with E-state index in [0.717, 1.165) is 0 Å². The van der Waals surface area contributed by atoms with Gasteiger partial charge in [0.2, 0.25) is 0 Å². The molecule has 11 N–H and O–H groups in total. The summed E-state index contributed by atoms with van der Waals surface area (Å²) in [5.41, 5.74) is -0.274. The molecule has 59 heavy (non-hydrogen) atoms. The fraction of sp³-hybridized carbons (Fsp3) is 0.455. The fourth-order valence-electron chi connectivity index (χ4n) is 4.83. The zero-order valence-electron chi connectivity index (χ0n) is 30.9. The van der Waals surface area contributed by atoms with Crippen molar-refractivity contribution in [2.75, 3.05) is 77.3 Å². The molecule has 0 radical (unpaired) electrons. The van der Waals surface area contributed by atoms with E-state index in [0.29, 0.717) is 5.06 Å². The Morgan fingerprint density at radius 2 is 0.949 bits per heavy atom. The van der Waals surface area contributed by atoms with Gasteiger partial charge in [0.05, 0.1) is 80.4 Å². The number of hydrogen-bond acceptors (Lipinski definition) is 14. The number of halogens is 6. The molecule has 328 valence electrons. The summed E-state index contributed by atoms with van der Waals surface area (Å²) < 4.78 is 0.983. The summed E-state index contributed by atoms with van der Waals surface area (Å²) in [5, 5.41) is 84.9. The quantitative estimate of drug-likeness (QED) is 0.0487. The van der Waals surface area contributed by atoms with Crippen molar-refractivity contribution >= 4 is 182 Å². The summed E-state index contributed by atoms with van der Waals surface area (Å²) in [5.74, 6) is -4.93. The number of anilines is 2. The van der Waals surface area contributed by atoms with Crippen LogP contribution in [0.2, 0.25) is 0 Å². The maximum absolute atomic E-state index is 14.1. The summed E-state index contributed by atoms with van der Waals surface area (Å²) in [7, 11) is 2.93. The third kappa shape index (κ3) is 13.9. The molecule has 0 saturated carbocycles. The van der Waals surface area contributed by atoms with Crippen LogP contribution in [0.15, 0.2) is 0 Å². The van der Waals surface area contributed by atoms with Crippen LogP contribution in [-0.2, 0) is 9.59 Å². The summed E-state index contributed by atoms with van der Waals surface area (Å²) >= 11 is 10.7. The van der Waals surface area contributed by atoms with Crippen LogP contribution in [0.5, 0.6) is 0 Å². The first kappa shape index (κ1) is 54.5. The molecular formula is C33H40I6N6O14. The summed E-state index contributed by atoms with van der Waals surface area (Å²) in [6.07, 6.45) is -4.70. The maximum Gasteiger partial charge on any atom is 0.279 e. The molecule has 2 aromatic rings. The molecule has 0 aliphatic rings. The number of aliphatic hydroxyl groups is 7. The number of carbonyl (C=O) groups is 6. The van der Waals surface area contributed by atoms with E-state index >= 15 is 0 Å². The van der Waals surface area contributed by atoms with Gasteiger partial charge in [-0.05, 0) is 148 Å². The number of nitrogens with one attached hydrogen (secondary N) is 3. The van der Waals surface area contributed by atoms with E-state index in [1.807, 2.05) is 22.6 Å². The van der Waals surface area contributed by atoms with Crippen molar-refractivity contribution in [3.05, 3.63) is 43.7 Å². The number of carbonyl (C=O) groups excluding carboxylic acids is 6. The van der Waals surface area contributed by atoms with Crippen molar-refractivity contribution in [2.45, 2.75) is 31.2 Å². The van der Waals surface area contributed by atoms with E-state index in [1.165, 1.54) is 23.9 Å². The van der Waals surface area contributed by atoms with Gasteiger partial charge in [0, 0.05) is 47.5 Å². The van der Waals surface area contributed by atoms with E-state index in [9.17, 15) is 69.7 Å². The topological polar surface area (TPSA) is 310 Å². The largest absolute Gasteiger partial charge is 0.396 e. The molecule has 6 amide bonds. The van der Waals surface area contributed by atoms with E-state index in [4.69, 9.17) is 0 Å². The van der Waals surface area contributed by atoms with Crippen LogP contribution in [0.25, 0.3) is 0 Å². The molecule has 0 saturated heterocycles. The van der Waals surface area contributed by atoms with Gasteiger partial charge in [-0.25, -0.2) is 5.06 Å². The number of hydrogen-bond donors (Lipinski definition) is 11. The van der Waals surface area contributed by atoms with Gasteiger partial charge in [-0.1, -0.05) is 0 Å². The SMILES string of the molecule is CN(CCCN(C)C(=O)c1c(I)c(NC(=O)C(O)CO)c(I)c(C(=O)N(O)CCCO)c1I)C(=O)c1c(I)c(NC(=O)C(O)CO)c(I)c(C(=O)NCC(O)CO)c1I. The monoisotopic (exact) mass is 1510 g/mol. The second-order valence-electron chi connectivity index (χ2n) is 12.4. The molecule has 20 nitrogen and oxygen atoms in total. The number of aliphatic hydroxyl groups excluding tert-OH is 7. The summed E-state index contributed by atoms with van der Waals surface area (Å²) in [4.78, 5) is 82.9. The molecule has 0 aliphatic heterocycles. The van der Waals surface area contributed by atoms with Crippen LogP contribution >= 0.6 is 136 Å². The highest BCUT2D eigenvalue weighted by Crippen LogP contribution is 2.38. The highest BCUT2D eigenvalue weighted by atomic mass is 127. The number of nitrogens with zero attached hydrogens (tertiary/aromatic N) is 3. The van der Waals surface area contributed by atoms with Crippen LogP contribution in [0.4, 0.5) is 11.4 Å². The first-order valence-electron chi connectivity index (χ1n) is 16.9. The number of benzene rings is 2. The second-order valence-corrected chi connectivity index (χ2v) is 18.8. The Balaban J connectivity index is 2.51. The molecule has 0 bridgehead atoms. The Kier molecular flexibility index (Phi) is 23.6. The minimum Gasteiger partial charge on any atom is -0.396 e. The summed E-state index contributed by atoms with van der Waals surface area (Å²) in [6, 6.07) is 0. The Morgan fingerprint density at radius 3 is 1.34 bits per heavy atom. The predicted molar refractivity (Wildman–Crippen MR) is 261 cm³/mol. The van der Waals surface area contributed by atoms with Gasteiger partial charge in [-0.15, -0.1) is 0 Å².